The number of carbonyl (C=O) groups is 1. The molecule has 0 spiro atoms. The fraction of sp³-hybridized carbons (Fsp3) is 0.200. The quantitative estimate of drug-likeness (QED) is 0.569. The van der Waals surface area contributed by atoms with E-state index in [1.807, 2.05) is 24.3 Å². The van der Waals surface area contributed by atoms with Crippen LogP contribution < -0.4 is 15.7 Å². The van der Waals surface area contributed by atoms with Gasteiger partial charge < -0.3 is 4.74 Å². The second kappa shape index (κ2) is 7.03. The van der Waals surface area contributed by atoms with Gasteiger partial charge in [-0.1, -0.05) is 12.1 Å². The van der Waals surface area contributed by atoms with Gasteiger partial charge in [0.15, 0.2) is 0 Å². The molecular formula is C20H18N4O3. The van der Waals surface area contributed by atoms with Crippen molar-refractivity contribution in [2.24, 2.45) is 5.10 Å². The monoisotopic (exact) mass is 362 g/mol. The molecule has 0 fully saturated rings. The van der Waals surface area contributed by atoms with E-state index in [4.69, 9.17) is 4.74 Å². The number of nitrogens with zero attached hydrogens (tertiary/aromatic N) is 3. The molecule has 0 saturated heterocycles. The highest BCUT2D eigenvalue weighted by molar-refractivity contribution is 5.98. The van der Waals surface area contributed by atoms with Crippen LogP contribution in [0.2, 0.25) is 0 Å². The molecule has 7 heteroatoms. The van der Waals surface area contributed by atoms with Gasteiger partial charge >= 0.3 is 0 Å². The number of hydrazone groups is 1. The number of hydrogen-bond acceptors (Lipinski definition) is 5. The van der Waals surface area contributed by atoms with Crippen molar-refractivity contribution >= 4 is 23.0 Å². The van der Waals surface area contributed by atoms with Crippen LogP contribution in [0.25, 0.3) is 10.9 Å². The molecule has 0 saturated carbocycles. The van der Waals surface area contributed by atoms with E-state index in [1.165, 1.54) is 0 Å². The summed E-state index contributed by atoms with van der Waals surface area (Å²) >= 11 is 0. The molecule has 1 aliphatic rings. The summed E-state index contributed by atoms with van der Waals surface area (Å²) in [5, 5.41) is 4.51. The summed E-state index contributed by atoms with van der Waals surface area (Å²) in [7, 11) is 1.59. The average molecular weight is 362 g/mol. The predicted molar refractivity (Wildman–Crippen MR) is 102 cm³/mol. The van der Waals surface area contributed by atoms with Gasteiger partial charge in [-0.15, -0.1) is 0 Å². The van der Waals surface area contributed by atoms with Gasteiger partial charge in [-0.2, -0.15) is 5.10 Å². The molecule has 1 N–H and O–H groups in total. The summed E-state index contributed by atoms with van der Waals surface area (Å²) < 4.78 is 6.86. The van der Waals surface area contributed by atoms with E-state index >= 15 is 0 Å². The van der Waals surface area contributed by atoms with Crippen molar-refractivity contribution in [3.8, 4) is 5.75 Å². The Morgan fingerprint density at radius 1 is 1.30 bits per heavy atom. The van der Waals surface area contributed by atoms with Crippen molar-refractivity contribution in [3.63, 3.8) is 0 Å². The third kappa shape index (κ3) is 3.31. The molecule has 7 nitrogen and oxygen atoms in total. The Morgan fingerprint density at radius 2 is 2.19 bits per heavy atom. The maximum atomic E-state index is 12.5. The summed E-state index contributed by atoms with van der Waals surface area (Å²) in [6.45, 7) is 0.707. The first kappa shape index (κ1) is 17.0. The molecule has 0 unspecified atom stereocenters. The fourth-order valence-electron chi connectivity index (χ4n) is 3.18. The molecule has 3 aromatic rings. The van der Waals surface area contributed by atoms with Crippen molar-refractivity contribution in [2.45, 2.75) is 19.4 Å². The molecule has 1 amide bonds. The molecule has 0 bridgehead atoms. The largest absolute Gasteiger partial charge is 0.497 e. The molecule has 136 valence electrons. The molecule has 1 aromatic heterocycles. The number of amides is 1. The van der Waals surface area contributed by atoms with Crippen LogP contribution in [-0.4, -0.2) is 28.8 Å². The van der Waals surface area contributed by atoms with E-state index in [0.29, 0.717) is 28.8 Å². The second-order valence-corrected chi connectivity index (χ2v) is 6.30. The van der Waals surface area contributed by atoms with Gasteiger partial charge in [0, 0.05) is 18.5 Å². The first-order valence-corrected chi connectivity index (χ1v) is 8.66. The van der Waals surface area contributed by atoms with E-state index in [9.17, 15) is 9.59 Å². The minimum atomic E-state index is -0.363. The van der Waals surface area contributed by atoms with Crippen LogP contribution in [0.4, 0.5) is 0 Å². The number of benzene rings is 2. The molecule has 4 rings (SSSR count). The SMILES string of the molecule is COc1cccc(/C=N\NC(=O)c2ccc3c(=O)n4c(nc3c2)CCC4)c1. The molecule has 27 heavy (non-hydrogen) atoms. The number of nitrogens with one attached hydrogen (secondary N) is 1. The number of aromatic nitrogens is 2. The van der Waals surface area contributed by atoms with Gasteiger partial charge in [0.05, 0.1) is 24.2 Å². The number of ether oxygens (including phenoxy) is 1. The van der Waals surface area contributed by atoms with Crippen LogP contribution in [0.1, 0.15) is 28.2 Å². The number of methoxy groups -OCH3 is 1. The number of carbonyl (C=O) groups excluding carboxylic acids is 1. The summed E-state index contributed by atoms with van der Waals surface area (Å²) in [4.78, 5) is 29.4. The molecular weight excluding hydrogens is 344 g/mol. The Bertz CT molecular complexity index is 1120. The minimum Gasteiger partial charge on any atom is -0.497 e. The topological polar surface area (TPSA) is 85.6 Å². The molecule has 2 heterocycles. The zero-order chi connectivity index (χ0) is 18.8. The van der Waals surface area contributed by atoms with E-state index in [2.05, 4.69) is 15.5 Å². The van der Waals surface area contributed by atoms with Crippen LogP contribution in [0.15, 0.2) is 52.4 Å². The van der Waals surface area contributed by atoms with Gasteiger partial charge in [0.1, 0.15) is 11.6 Å². The maximum absolute atomic E-state index is 12.5. The van der Waals surface area contributed by atoms with E-state index < -0.39 is 0 Å². The summed E-state index contributed by atoms with van der Waals surface area (Å²) in [5.74, 6) is 1.13. The van der Waals surface area contributed by atoms with Gasteiger partial charge in [-0.25, -0.2) is 10.4 Å². The van der Waals surface area contributed by atoms with Gasteiger partial charge in [0.2, 0.25) is 0 Å². The predicted octanol–water partition coefficient (Wildman–Crippen LogP) is 2.12. The van der Waals surface area contributed by atoms with Crippen LogP contribution in [-0.2, 0) is 13.0 Å². The highest BCUT2D eigenvalue weighted by atomic mass is 16.5. The Morgan fingerprint density at radius 3 is 3.04 bits per heavy atom. The van der Waals surface area contributed by atoms with Crippen molar-refractivity contribution in [1.82, 2.24) is 15.0 Å². The Labute approximate surface area is 155 Å². The molecule has 0 radical (unpaired) electrons. The molecule has 1 aliphatic heterocycles. The third-order valence-corrected chi connectivity index (χ3v) is 4.55. The van der Waals surface area contributed by atoms with Crippen molar-refractivity contribution in [1.29, 1.82) is 0 Å². The smallest absolute Gasteiger partial charge is 0.271 e. The number of rotatable bonds is 4. The van der Waals surface area contributed by atoms with Crippen molar-refractivity contribution in [3.05, 3.63) is 69.8 Å². The molecule has 0 aliphatic carbocycles. The third-order valence-electron chi connectivity index (χ3n) is 4.55. The first-order chi connectivity index (χ1) is 13.2. The van der Waals surface area contributed by atoms with E-state index in [0.717, 1.165) is 24.2 Å². The van der Waals surface area contributed by atoms with Crippen LogP contribution in [0, 0.1) is 0 Å². The van der Waals surface area contributed by atoms with Crippen molar-refractivity contribution in [2.75, 3.05) is 7.11 Å². The lowest BCUT2D eigenvalue weighted by Gasteiger charge is -2.06. The molecule has 0 atom stereocenters. The molecule has 2 aromatic carbocycles. The van der Waals surface area contributed by atoms with Gasteiger partial charge in [-0.3, -0.25) is 14.2 Å². The lowest BCUT2D eigenvalue weighted by molar-refractivity contribution is 0.0955. The number of fused-ring (bicyclic) bond motifs is 2. The second-order valence-electron chi connectivity index (χ2n) is 6.30. The number of hydrogen-bond donors (Lipinski definition) is 1. The van der Waals surface area contributed by atoms with Gasteiger partial charge in [-0.05, 0) is 42.3 Å². The van der Waals surface area contributed by atoms with Crippen LogP contribution in [0.3, 0.4) is 0 Å². The first-order valence-electron chi connectivity index (χ1n) is 8.66. The minimum absolute atomic E-state index is 0.0458. The van der Waals surface area contributed by atoms with Crippen LogP contribution in [0.5, 0.6) is 5.75 Å². The van der Waals surface area contributed by atoms with Crippen LogP contribution >= 0.6 is 0 Å². The summed E-state index contributed by atoms with van der Waals surface area (Å²) in [6.07, 6.45) is 3.25. The summed E-state index contributed by atoms with van der Waals surface area (Å²) in [5.41, 5.74) is 4.20. The fourth-order valence-corrected chi connectivity index (χ4v) is 3.18. The highest BCUT2D eigenvalue weighted by Gasteiger charge is 2.17. The standard InChI is InChI=1S/C20H18N4O3/c1-27-15-5-2-4-13(10-15)12-21-23-19(25)14-7-8-16-17(11-14)22-18-6-3-9-24(18)20(16)26/h2,4-5,7-8,10-12H,3,6,9H2,1H3,(H,23,25)/b21-12-. The zero-order valence-electron chi connectivity index (χ0n) is 14.8. The van der Waals surface area contributed by atoms with Crippen molar-refractivity contribution < 1.29 is 9.53 Å². The normalized spacial score (nSPS) is 13.1. The zero-order valence-corrected chi connectivity index (χ0v) is 14.8. The summed E-state index contributed by atoms with van der Waals surface area (Å²) in [6, 6.07) is 12.2. The lowest BCUT2D eigenvalue weighted by Crippen LogP contribution is -2.22. The lowest BCUT2D eigenvalue weighted by atomic mass is 10.1. The van der Waals surface area contributed by atoms with E-state index in [-0.39, 0.29) is 11.5 Å². The number of aryl methyl sites for hydroxylation is 1. The average Bonchev–Trinajstić information content (AvgIpc) is 3.16. The van der Waals surface area contributed by atoms with E-state index in [1.54, 1.807) is 36.1 Å². The maximum Gasteiger partial charge on any atom is 0.271 e. The Kier molecular flexibility index (Phi) is 4.42. The highest BCUT2D eigenvalue weighted by Crippen LogP contribution is 2.16. The van der Waals surface area contributed by atoms with Gasteiger partial charge in [0.25, 0.3) is 11.5 Å². The Hall–Kier alpha value is -3.48. The Balaban J connectivity index is 1.55.